The number of aromatic nitrogens is 2. The van der Waals surface area contributed by atoms with Crippen molar-refractivity contribution in [3.63, 3.8) is 0 Å². The van der Waals surface area contributed by atoms with Gasteiger partial charge in [-0.15, -0.1) is 0 Å². The normalized spacial score (nSPS) is 11.5. The smallest absolute Gasteiger partial charge is 0.0742 e. The van der Waals surface area contributed by atoms with Crippen molar-refractivity contribution in [3.05, 3.63) is 48.5 Å². The van der Waals surface area contributed by atoms with Gasteiger partial charge in [0.15, 0.2) is 0 Å². The van der Waals surface area contributed by atoms with Crippen molar-refractivity contribution < 1.29 is 0 Å². The van der Waals surface area contributed by atoms with Gasteiger partial charge in [-0.05, 0) is 51.3 Å². The first kappa shape index (κ1) is 15.1. The van der Waals surface area contributed by atoms with Crippen LogP contribution in [0.2, 0.25) is 0 Å². The van der Waals surface area contributed by atoms with Gasteiger partial charge in [0, 0.05) is 13.6 Å². The molecule has 0 bridgehead atoms. The van der Waals surface area contributed by atoms with Crippen molar-refractivity contribution in [3.8, 4) is 0 Å². The highest BCUT2D eigenvalue weighted by Crippen LogP contribution is 2.24. The van der Waals surface area contributed by atoms with E-state index in [1.165, 1.54) is 21.3 Å². The molecule has 1 heterocycles. The second kappa shape index (κ2) is 6.55. The minimum atomic E-state index is 1.03. The van der Waals surface area contributed by atoms with Crippen molar-refractivity contribution in [2.75, 3.05) is 20.6 Å². The maximum atomic E-state index is 2.46. The molecule has 0 fully saturated rings. The van der Waals surface area contributed by atoms with Crippen LogP contribution >= 0.6 is 11.5 Å². The van der Waals surface area contributed by atoms with Crippen molar-refractivity contribution in [2.24, 2.45) is 7.05 Å². The van der Waals surface area contributed by atoms with Crippen LogP contribution in [0.5, 0.6) is 0 Å². The van der Waals surface area contributed by atoms with Gasteiger partial charge in [0.2, 0.25) is 0 Å². The van der Waals surface area contributed by atoms with Gasteiger partial charge >= 0.3 is 0 Å². The van der Waals surface area contributed by atoms with Gasteiger partial charge in [-0.1, -0.05) is 35.8 Å². The molecule has 0 amide bonds. The lowest BCUT2D eigenvalue weighted by molar-refractivity contribution is 0.389. The number of fused-ring (bicyclic) bond motifs is 2. The third kappa shape index (κ3) is 3.03. The van der Waals surface area contributed by atoms with Gasteiger partial charge in [-0.2, -0.15) is 0 Å². The minimum Gasteiger partial charge on any atom is -0.339 e. The molecule has 116 valence electrons. The maximum absolute atomic E-state index is 2.46. The van der Waals surface area contributed by atoms with Crippen LogP contribution in [0.3, 0.4) is 0 Å². The molecule has 0 saturated carbocycles. The highest BCUT2D eigenvalue weighted by molar-refractivity contribution is 7.13. The number of hydrogen-bond donors (Lipinski definition) is 0. The second-order valence-electron chi connectivity index (χ2n) is 5.85. The molecule has 4 heteroatoms. The summed E-state index contributed by atoms with van der Waals surface area (Å²) in [7, 11) is 6.41. The van der Waals surface area contributed by atoms with E-state index in [1.54, 1.807) is 11.5 Å². The van der Waals surface area contributed by atoms with Crippen LogP contribution in [0.4, 0.5) is 0 Å². The van der Waals surface area contributed by atoms with Crippen molar-refractivity contribution in [1.29, 1.82) is 0 Å². The van der Waals surface area contributed by atoms with E-state index >= 15 is 0 Å². The van der Waals surface area contributed by atoms with Crippen LogP contribution in [0, 0.1) is 0 Å². The molecule has 3 nitrogen and oxygen atoms in total. The molecule has 0 atom stereocenters. The molecule has 0 saturated heterocycles. The Balaban J connectivity index is 2.26. The summed E-state index contributed by atoms with van der Waals surface area (Å²) >= 11 is 1.80. The van der Waals surface area contributed by atoms with Gasteiger partial charge in [0.05, 0.1) is 21.3 Å². The van der Waals surface area contributed by atoms with Crippen molar-refractivity contribution >= 4 is 32.8 Å². The Hall–Kier alpha value is -1.78. The van der Waals surface area contributed by atoms with Crippen LogP contribution in [-0.4, -0.2) is 34.1 Å². The molecule has 0 spiro atoms. The van der Waals surface area contributed by atoms with E-state index in [-0.39, 0.29) is 0 Å². The fourth-order valence-corrected chi connectivity index (χ4v) is 3.79. The third-order valence-corrected chi connectivity index (χ3v) is 4.90. The quantitative estimate of drug-likeness (QED) is 0.701. The Morgan fingerprint density at radius 1 is 0.909 bits per heavy atom. The lowest BCUT2D eigenvalue weighted by Gasteiger charge is -2.13. The van der Waals surface area contributed by atoms with E-state index in [9.17, 15) is 0 Å². The Morgan fingerprint density at radius 2 is 1.55 bits per heavy atom. The summed E-state index contributed by atoms with van der Waals surface area (Å²) in [4.78, 5) is 2.25. The lowest BCUT2D eigenvalue weighted by atomic mass is 10.2. The van der Waals surface area contributed by atoms with Gasteiger partial charge in [-0.25, -0.2) is 0 Å². The molecule has 0 unspecified atom stereocenters. The van der Waals surface area contributed by atoms with Gasteiger partial charge in [0.25, 0.3) is 0 Å². The van der Waals surface area contributed by atoms with Gasteiger partial charge in [-0.3, -0.25) is 3.96 Å². The monoisotopic (exact) mass is 313 g/mol. The predicted molar refractivity (Wildman–Crippen MR) is 97.1 cm³/mol. The summed E-state index contributed by atoms with van der Waals surface area (Å²) in [5, 5.41) is 0. The van der Waals surface area contributed by atoms with Crippen LogP contribution in [0.15, 0.2) is 48.5 Å². The molecular weight excluding hydrogens is 290 g/mol. The van der Waals surface area contributed by atoms with Crippen LogP contribution in [0.25, 0.3) is 21.3 Å². The molecular formula is C18H23N3S. The van der Waals surface area contributed by atoms with Crippen LogP contribution in [0.1, 0.15) is 6.42 Å². The largest absolute Gasteiger partial charge is 0.339 e. The molecule has 1 aromatic heterocycles. The Kier molecular flexibility index (Phi) is 4.50. The lowest BCUT2D eigenvalue weighted by Crippen LogP contribution is -2.15. The Bertz CT molecular complexity index is 821. The molecule has 3 rings (SSSR count). The van der Waals surface area contributed by atoms with Crippen molar-refractivity contribution in [2.45, 2.75) is 13.0 Å². The first-order chi connectivity index (χ1) is 10.7. The first-order valence-corrected chi connectivity index (χ1v) is 8.46. The molecule has 0 aliphatic carbocycles. The average molecular weight is 313 g/mol. The molecule has 2 aromatic carbocycles. The summed E-state index contributed by atoms with van der Waals surface area (Å²) < 4.78 is 6.04. The van der Waals surface area contributed by atoms with Gasteiger partial charge in [0.1, 0.15) is 0 Å². The van der Waals surface area contributed by atoms with Gasteiger partial charge < -0.3 is 9.47 Å². The minimum absolute atomic E-state index is 1.03. The fourth-order valence-electron chi connectivity index (χ4n) is 2.83. The number of benzene rings is 2. The van der Waals surface area contributed by atoms with E-state index in [1.807, 2.05) is 0 Å². The number of rotatable bonds is 4. The summed E-state index contributed by atoms with van der Waals surface area (Å²) in [6.45, 7) is 2.13. The third-order valence-electron chi connectivity index (χ3n) is 3.89. The molecule has 0 N–H and O–H groups in total. The van der Waals surface area contributed by atoms with E-state index in [0.717, 1.165) is 19.5 Å². The SMILES string of the molecule is CN(C)CCCn1c2ccccc2sn(C)c2ccccc21. The zero-order valence-corrected chi connectivity index (χ0v) is 14.3. The number of hydrogen-bond acceptors (Lipinski definition) is 2. The molecule has 3 aromatic rings. The highest BCUT2D eigenvalue weighted by Gasteiger charge is 2.05. The number of nitrogens with zero attached hydrogens (tertiary/aromatic N) is 3. The van der Waals surface area contributed by atoms with Crippen LogP contribution < -0.4 is 0 Å². The van der Waals surface area contributed by atoms with E-state index in [2.05, 4.69) is 83.1 Å². The standard InChI is InChI=1S/C18H23N3S/c1-19(2)13-8-14-21-16-10-5-4-9-15(16)20(3)22-18-12-7-6-11-17(18)21/h4-7,9-12H,8,13-14H2,1-3H3. The summed E-state index contributed by atoms with van der Waals surface area (Å²) in [5.41, 5.74) is 3.87. The Morgan fingerprint density at radius 3 is 2.27 bits per heavy atom. The molecule has 0 aliphatic heterocycles. The van der Waals surface area contributed by atoms with E-state index in [4.69, 9.17) is 0 Å². The average Bonchev–Trinajstić information content (AvgIpc) is 2.63. The summed E-state index contributed by atoms with van der Waals surface area (Å²) in [5.74, 6) is 0. The molecule has 22 heavy (non-hydrogen) atoms. The predicted octanol–water partition coefficient (Wildman–Crippen LogP) is 4.27. The van der Waals surface area contributed by atoms with E-state index in [0.29, 0.717) is 0 Å². The van der Waals surface area contributed by atoms with Crippen LogP contribution in [-0.2, 0) is 13.6 Å². The molecule has 0 aliphatic rings. The maximum Gasteiger partial charge on any atom is 0.0742 e. The van der Waals surface area contributed by atoms with E-state index < -0.39 is 0 Å². The highest BCUT2D eigenvalue weighted by atomic mass is 32.1. The molecule has 0 radical (unpaired) electrons. The zero-order chi connectivity index (χ0) is 15.5. The Labute approximate surface area is 135 Å². The fraction of sp³-hybridized carbons (Fsp3) is 0.333. The second-order valence-corrected chi connectivity index (χ2v) is 7.02. The first-order valence-electron chi connectivity index (χ1n) is 7.69. The van der Waals surface area contributed by atoms with Crippen molar-refractivity contribution in [1.82, 2.24) is 13.4 Å². The topological polar surface area (TPSA) is 13.1 Å². The number of para-hydroxylation sites is 3. The summed E-state index contributed by atoms with van der Waals surface area (Å²) in [6.07, 6.45) is 1.14. The summed E-state index contributed by atoms with van der Waals surface area (Å²) in [6, 6.07) is 17.4. The zero-order valence-electron chi connectivity index (χ0n) is 13.5. The number of aryl methyl sites for hydroxylation is 2.